The third-order valence-corrected chi connectivity index (χ3v) is 5.08. The zero-order valence-electron chi connectivity index (χ0n) is 13.7. The zero-order chi connectivity index (χ0) is 19.6. The van der Waals surface area contributed by atoms with Crippen LogP contribution in [-0.2, 0) is 9.59 Å². The van der Waals surface area contributed by atoms with Gasteiger partial charge in [0.25, 0.3) is 0 Å². The van der Waals surface area contributed by atoms with Gasteiger partial charge in [0.1, 0.15) is 5.75 Å². The van der Waals surface area contributed by atoms with E-state index in [0.717, 1.165) is 16.7 Å². The highest BCUT2D eigenvalue weighted by Gasteiger charge is 2.41. The van der Waals surface area contributed by atoms with Gasteiger partial charge >= 0.3 is 12.6 Å². The number of imide groups is 1. The average Bonchev–Trinajstić information content (AvgIpc) is 2.89. The van der Waals surface area contributed by atoms with E-state index in [-0.39, 0.29) is 23.4 Å². The van der Waals surface area contributed by atoms with Gasteiger partial charge in [0, 0.05) is 11.3 Å². The molecule has 3 rings (SSSR count). The smallest absolute Gasteiger partial charge is 0.387 e. The Kier molecular flexibility index (Phi) is 5.41. The maximum atomic E-state index is 12.7. The number of hydrogen-bond acceptors (Lipinski definition) is 5. The number of amides is 2. The minimum Gasteiger partial charge on any atom is -0.478 e. The van der Waals surface area contributed by atoms with E-state index in [1.807, 2.05) is 0 Å². The fourth-order valence-corrected chi connectivity index (χ4v) is 3.86. The number of carbonyl (C=O) groups is 3. The number of rotatable bonds is 6. The summed E-state index contributed by atoms with van der Waals surface area (Å²) in [6.45, 7) is -3.11. The minimum absolute atomic E-state index is 0.0163. The topological polar surface area (TPSA) is 83.9 Å². The molecule has 1 atom stereocenters. The van der Waals surface area contributed by atoms with Gasteiger partial charge in [-0.1, -0.05) is 24.3 Å². The van der Waals surface area contributed by atoms with Gasteiger partial charge in [-0.15, -0.1) is 11.8 Å². The monoisotopic (exact) mass is 393 g/mol. The second-order valence-corrected chi connectivity index (χ2v) is 6.77. The van der Waals surface area contributed by atoms with Crippen LogP contribution in [0, 0.1) is 0 Å². The summed E-state index contributed by atoms with van der Waals surface area (Å²) in [5.74, 6) is -2.63. The normalized spacial score (nSPS) is 16.9. The molecule has 0 aromatic heterocycles. The van der Waals surface area contributed by atoms with Crippen LogP contribution in [0.15, 0.2) is 53.4 Å². The molecule has 2 aromatic rings. The van der Waals surface area contributed by atoms with Crippen LogP contribution >= 0.6 is 11.8 Å². The van der Waals surface area contributed by atoms with Gasteiger partial charge in [0.05, 0.1) is 16.5 Å². The quantitative estimate of drug-likeness (QED) is 0.758. The summed E-state index contributed by atoms with van der Waals surface area (Å²) in [5.41, 5.74) is -0.0509. The second kappa shape index (κ2) is 7.75. The molecule has 0 aliphatic carbocycles. The molecule has 0 saturated carbocycles. The number of anilines is 1. The van der Waals surface area contributed by atoms with Crippen molar-refractivity contribution in [1.82, 2.24) is 0 Å². The number of halogens is 2. The van der Waals surface area contributed by atoms with Crippen molar-refractivity contribution in [2.75, 3.05) is 4.90 Å². The van der Waals surface area contributed by atoms with Crippen LogP contribution in [0.25, 0.3) is 0 Å². The summed E-state index contributed by atoms with van der Waals surface area (Å²) >= 11 is 0.954. The van der Waals surface area contributed by atoms with Crippen LogP contribution in [0.2, 0.25) is 0 Å². The molecule has 1 heterocycles. The minimum atomic E-state index is -3.11. The third kappa shape index (κ3) is 3.92. The van der Waals surface area contributed by atoms with E-state index in [4.69, 9.17) is 0 Å². The number of benzene rings is 2. The van der Waals surface area contributed by atoms with Crippen LogP contribution < -0.4 is 9.64 Å². The number of nitrogens with zero attached hydrogens (tertiary/aromatic N) is 1. The Balaban J connectivity index is 1.88. The summed E-state index contributed by atoms with van der Waals surface area (Å²) in [6.07, 6.45) is -0.180. The molecular weight excluding hydrogens is 380 g/mol. The lowest BCUT2D eigenvalue weighted by Crippen LogP contribution is -2.31. The first-order valence-corrected chi connectivity index (χ1v) is 8.66. The molecule has 1 N–H and O–H groups in total. The molecule has 2 aromatic carbocycles. The SMILES string of the molecule is O=C(O)c1ccccc1SC1CC(=O)N(c2ccccc2OC(F)F)C1=O. The van der Waals surface area contributed by atoms with Crippen LogP contribution in [-0.4, -0.2) is 34.8 Å². The van der Waals surface area contributed by atoms with Gasteiger partial charge in [-0.25, -0.2) is 9.69 Å². The number of carbonyl (C=O) groups excluding carboxylic acids is 2. The van der Waals surface area contributed by atoms with E-state index in [2.05, 4.69) is 4.74 Å². The van der Waals surface area contributed by atoms with Crippen LogP contribution in [0.3, 0.4) is 0 Å². The van der Waals surface area contributed by atoms with Crippen LogP contribution in [0.5, 0.6) is 5.75 Å². The fraction of sp³-hybridized carbons (Fsp3) is 0.167. The van der Waals surface area contributed by atoms with E-state index >= 15 is 0 Å². The van der Waals surface area contributed by atoms with Crippen molar-refractivity contribution in [1.29, 1.82) is 0 Å². The van der Waals surface area contributed by atoms with E-state index in [1.54, 1.807) is 18.2 Å². The Morgan fingerprint density at radius 1 is 1.15 bits per heavy atom. The third-order valence-electron chi connectivity index (χ3n) is 3.81. The molecule has 1 saturated heterocycles. The maximum Gasteiger partial charge on any atom is 0.387 e. The highest BCUT2D eigenvalue weighted by atomic mass is 32.2. The summed E-state index contributed by atoms with van der Waals surface area (Å²) in [4.78, 5) is 37.6. The van der Waals surface area contributed by atoms with Gasteiger partial charge in [0.15, 0.2) is 0 Å². The summed E-state index contributed by atoms with van der Waals surface area (Å²) in [7, 11) is 0. The Labute approximate surface area is 156 Å². The number of ether oxygens (including phenoxy) is 1. The number of alkyl halides is 2. The van der Waals surface area contributed by atoms with Gasteiger partial charge in [-0.3, -0.25) is 9.59 Å². The summed E-state index contributed by atoms with van der Waals surface area (Å²) in [5, 5.41) is 8.38. The van der Waals surface area contributed by atoms with Gasteiger partial charge in [0.2, 0.25) is 11.8 Å². The van der Waals surface area contributed by atoms with Crippen molar-refractivity contribution in [2.24, 2.45) is 0 Å². The molecule has 1 aliphatic heterocycles. The molecule has 27 heavy (non-hydrogen) atoms. The number of para-hydroxylation sites is 2. The number of aromatic carboxylic acids is 1. The first kappa shape index (κ1) is 18.8. The Bertz CT molecular complexity index is 905. The van der Waals surface area contributed by atoms with Crippen molar-refractivity contribution in [3.8, 4) is 5.75 Å². The number of thioether (sulfide) groups is 1. The van der Waals surface area contributed by atoms with Crippen LogP contribution in [0.4, 0.5) is 14.5 Å². The number of carboxylic acids is 1. The fourth-order valence-electron chi connectivity index (χ4n) is 2.69. The molecule has 1 unspecified atom stereocenters. The first-order valence-electron chi connectivity index (χ1n) is 7.78. The maximum absolute atomic E-state index is 12.7. The van der Waals surface area contributed by atoms with E-state index in [0.29, 0.717) is 4.90 Å². The van der Waals surface area contributed by atoms with E-state index in [1.165, 1.54) is 30.3 Å². The standard InChI is InChI=1S/C18H13F2NO5S/c19-18(20)26-12-7-3-2-6-11(12)21-15(22)9-14(16(21)23)27-13-8-4-1-5-10(13)17(24)25/h1-8,14,18H,9H2,(H,24,25). The Morgan fingerprint density at radius 3 is 2.52 bits per heavy atom. The molecule has 0 spiro atoms. The molecule has 0 radical (unpaired) electrons. The molecular formula is C18H13F2NO5S. The molecule has 1 aliphatic rings. The zero-order valence-corrected chi connectivity index (χ0v) is 14.5. The first-order chi connectivity index (χ1) is 12.9. The van der Waals surface area contributed by atoms with E-state index in [9.17, 15) is 28.3 Å². The summed E-state index contributed by atoms with van der Waals surface area (Å²) in [6, 6.07) is 11.6. The van der Waals surface area contributed by atoms with Crippen molar-refractivity contribution >= 4 is 35.2 Å². The van der Waals surface area contributed by atoms with Crippen molar-refractivity contribution in [3.05, 3.63) is 54.1 Å². The van der Waals surface area contributed by atoms with Crippen molar-refractivity contribution < 1.29 is 33.0 Å². The molecule has 0 bridgehead atoms. The van der Waals surface area contributed by atoms with Crippen LogP contribution in [0.1, 0.15) is 16.8 Å². The molecule has 9 heteroatoms. The average molecular weight is 393 g/mol. The Morgan fingerprint density at radius 2 is 1.81 bits per heavy atom. The largest absolute Gasteiger partial charge is 0.478 e. The van der Waals surface area contributed by atoms with Crippen molar-refractivity contribution in [2.45, 2.75) is 23.2 Å². The number of carboxylic acid groups (broad SMARTS) is 1. The predicted octanol–water partition coefficient (Wildman–Crippen LogP) is 3.41. The number of hydrogen-bond donors (Lipinski definition) is 1. The van der Waals surface area contributed by atoms with Gasteiger partial charge in [-0.05, 0) is 24.3 Å². The molecule has 6 nitrogen and oxygen atoms in total. The molecule has 140 valence electrons. The van der Waals surface area contributed by atoms with Crippen molar-refractivity contribution in [3.63, 3.8) is 0 Å². The second-order valence-electron chi connectivity index (χ2n) is 5.53. The Hall–Kier alpha value is -2.94. The lowest BCUT2D eigenvalue weighted by Gasteiger charge is -2.18. The highest BCUT2D eigenvalue weighted by molar-refractivity contribution is 8.00. The molecule has 2 amide bonds. The van der Waals surface area contributed by atoms with Gasteiger partial charge in [-0.2, -0.15) is 8.78 Å². The van der Waals surface area contributed by atoms with Gasteiger partial charge < -0.3 is 9.84 Å². The predicted molar refractivity (Wildman–Crippen MR) is 93.2 cm³/mol. The van der Waals surface area contributed by atoms with E-state index < -0.39 is 29.6 Å². The lowest BCUT2D eigenvalue weighted by molar-refractivity contribution is -0.121. The molecule has 1 fully saturated rings. The lowest BCUT2D eigenvalue weighted by atomic mass is 10.2. The summed E-state index contributed by atoms with van der Waals surface area (Å²) < 4.78 is 29.6. The highest BCUT2D eigenvalue weighted by Crippen LogP contribution is 2.38.